The summed E-state index contributed by atoms with van der Waals surface area (Å²) in [7, 11) is 0. The molecule has 138 valence electrons. The van der Waals surface area contributed by atoms with Crippen molar-refractivity contribution in [3.63, 3.8) is 0 Å². The van der Waals surface area contributed by atoms with Crippen LogP contribution >= 0.6 is 0 Å². The van der Waals surface area contributed by atoms with Crippen molar-refractivity contribution in [1.29, 1.82) is 0 Å². The molecule has 1 rings (SSSR count). The van der Waals surface area contributed by atoms with E-state index in [0.29, 0.717) is 13.3 Å². The molecule has 0 aromatic carbocycles. The highest BCUT2D eigenvalue weighted by molar-refractivity contribution is 4.92. The molecule has 0 amide bonds. The van der Waals surface area contributed by atoms with E-state index < -0.39 is 5.54 Å². The van der Waals surface area contributed by atoms with Gasteiger partial charge in [0.2, 0.25) is 0 Å². The van der Waals surface area contributed by atoms with Crippen LogP contribution in [0.1, 0.15) is 84.0 Å². The molecule has 23 heavy (non-hydrogen) atoms. The van der Waals surface area contributed by atoms with Crippen molar-refractivity contribution in [2.45, 2.75) is 89.5 Å². The van der Waals surface area contributed by atoms with Crippen LogP contribution in [-0.2, 0) is 4.74 Å². The fourth-order valence-corrected chi connectivity index (χ4v) is 3.36. The van der Waals surface area contributed by atoms with Crippen molar-refractivity contribution in [1.82, 2.24) is 4.90 Å². The van der Waals surface area contributed by atoms with Crippen LogP contribution in [0.3, 0.4) is 0 Å². The smallest absolute Gasteiger partial charge is 0.0997 e. The lowest BCUT2D eigenvalue weighted by molar-refractivity contribution is 0.0223. The van der Waals surface area contributed by atoms with Gasteiger partial charge in [-0.25, -0.2) is 0 Å². The van der Waals surface area contributed by atoms with Gasteiger partial charge < -0.3 is 14.9 Å². The van der Waals surface area contributed by atoms with Gasteiger partial charge in [-0.3, -0.25) is 4.90 Å². The monoisotopic (exact) mass is 329 g/mol. The Hall–Kier alpha value is -0.160. The summed E-state index contributed by atoms with van der Waals surface area (Å²) in [6, 6.07) is 0. The summed E-state index contributed by atoms with van der Waals surface area (Å²) in [6.07, 6.45) is 16.2. The Morgan fingerprint density at radius 2 is 1.26 bits per heavy atom. The maximum Gasteiger partial charge on any atom is 0.0997 e. The highest BCUT2D eigenvalue weighted by atomic mass is 16.5. The van der Waals surface area contributed by atoms with E-state index in [9.17, 15) is 10.2 Å². The Morgan fingerprint density at radius 3 is 1.74 bits per heavy atom. The zero-order valence-corrected chi connectivity index (χ0v) is 15.3. The summed E-state index contributed by atoms with van der Waals surface area (Å²) in [5.41, 5.74) is -0.544. The fraction of sp³-hybridized carbons (Fsp3) is 1.00. The first kappa shape index (κ1) is 20.9. The Labute approximate surface area is 143 Å². The van der Waals surface area contributed by atoms with Crippen molar-refractivity contribution < 1.29 is 14.9 Å². The summed E-state index contributed by atoms with van der Waals surface area (Å²) in [4.78, 5) is 2.10. The van der Waals surface area contributed by atoms with Gasteiger partial charge in [-0.2, -0.15) is 0 Å². The van der Waals surface area contributed by atoms with Crippen LogP contribution in [0.15, 0.2) is 0 Å². The van der Waals surface area contributed by atoms with Gasteiger partial charge in [-0.05, 0) is 6.42 Å². The second-order valence-electron chi connectivity index (χ2n) is 7.17. The van der Waals surface area contributed by atoms with Crippen LogP contribution in [-0.4, -0.2) is 53.7 Å². The predicted octanol–water partition coefficient (Wildman–Crippen LogP) is 3.70. The molecule has 0 saturated carbocycles. The summed E-state index contributed by atoms with van der Waals surface area (Å²) in [5, 5.41) is 19.0. The highest BCUT2D eigenvalue weighted by Crippen LogP contribution is 2.22. The number of ether oxygens (including phenoxy) is 1. The fourth-order valence-electron chi connectivity index (χ4n) is 3.36. The molecule has 0 atom stereocenters. The first-order chi connectivity index (χ1) is 11.3. The van der Waals surface area contributed by atoms with E-state index in [2.05, 4.69) is 11.8 Å². The molecule has 4 nitrogen and oxygen atoms in total. The van der Waals surface area contributed by atoms with Crippen molar-refractivity contribution >= 4 is 0 Å². The van der Waals surface area contributed by atoms with E-state index in [-0.39, 0.29) is 13.2 Å². The zero-order chi connectivity index (χ0) is 16.8. The Kier molecular flexibility index (Phi) is 12.0. The van der Waals surface area contributed by atoms with E-state index in [1.807, 2.05) is 0 Å². The third-order valence-electron chi connectivity index (χ3n) is 5.16. The van der Waals surface area contributed by atoms with Crippen molar-refractivity contribution in [2.75, 3.05) is 33.1 Å². The first-order valence-corrected chi connectivity index (χ1v) is 9.83. The van der Waals surface area contributed by atoms with Crippen LogP contribution in [0.4, 0.5) is 0 Å². The summed E-state index contributed by atoms with van der Waals surface area (Å²) >= 11 is 0. The van der Waals surface area contributed by atoms with Gasteiger partial charge in [0.25, 0.3) is 0 Å². The van der Waals surface area contributed by atoms with Gasteiger partial charge in [-0.1, -0.05) is 77.6 Å². The number of rotatable bonds is 15. The molecule has 0 bridgehead atoms. The lowest BCUT2D eigenvalue weighted by Crippen LogP contribution is -2.52. The number of aliphatic hydroxyl groups is 2. The molecular formula is C19H39NO3. The van der Waals surface area contributed by atoms with Gasteiger partial charge in [0.05, 0.1) is 32.1 Å². The van der Waals surface area contributed by atoms with Crippen molar-refractivity contribution in [3.05, 3.63) is 0 Å². The lowest BCUT2D eigenvalue weighted by Gasteiger charge is -2.33. The molecule has 0 unspecified atom stereocenters. The standard InChI is InChI=1S/C19H39NO3/c1-2-3-4-5-6-7-8-9-10-11-12-13-14-20-18-23-17-19(20,15-21)16-22/h21-22H,2-18H2,1H3. The molecule has 0 spiro atoms. The number of aliphatic hydroxyl groups excluding tert-OH is 2. The van der Waals surface area contributed by atoms with Crippen LogP contribution in [0, 0.1) is 0 Å². The van der Waals surface area contributed by atoms with Gasteiger partial charge >= 0.3 is 0 Å². The molecule has 0 aliphatic carbocycles. The zero-order valence-electron chi connectivity index (χ0n) is 15.3. The Balaban J connectivity index is 1.90. The quantitative estimate of drug-likeness (QED) is 0.450. The maximum atomic E-state index is 9.50. The average molecular weight is 330 g/mol. The average Bonchev–Trinajstić information content (AvgIpc) is 2.99. The van der Waals surface area contributed by atoms with E-state index in [0.717, 1.165) is 13.0 Å². The Bertz CT molecular complexity index is 269. The SMILES string of the molecule is CCCCCCCCCCCCCCN1COCC1(CO)CO. The molecule has 2 N–H and O–H groups in total. The third kappa shape index (κ3) is 7.97. The number of unbranched alkanes of at least 4 members (excludes halogenated alkanes) is 11. The van der Waals surface area contributed by atoms with Gasteiger partial charge in [-0.15, -0.1) is 0 Å². The lowest BCUT2D eigenvalue weighted by atomic mass is 10.0. The van der Waals surface area contributed by atoms with Crippen LogP contribution in [0.2, 0.25) is 0 Å². The highest BCUT2D eigenvalue weighted by Gasteiger charge is 2.40. The van der Waals surface area contributed by atoms with E-state index in [4.69, 9.17) is 4.74 Å². The summed E-state index contributed by atoms with van der Waals surface area (Å²) < 4.78 is 5.42. The molecule has 0 radical (unpaired) electrons. The van der Waals surface area contributed by atoms with E-state index >= 15 is 0 Å². The van der Waals surface area contributed by atoms with E-state index in [1.165, 1.54) is 70.6 Å². The normalized spacial score (nSPS) is 17.9. The largest absolute Gasteiger partial charge is 0.394 e. The molecule has 4 heteroatoms. The first-order valence-electron chi connectivity index (χ1n) is 9.83. The van der Waals surface area contributed by atoms with Crippen molar-refractivity contribution in [2.24, 2.45) is 0 Å². The topological polar surface area (TPSA) is 52.9 Å². The molecule has 1 heterocycles. The number of nitrogens with zero attached hydrogens (tertiary/aromatic N) is 1. The molecule has 1 fully saturated rings. The maximum absolute atomic E-state index is 9.50. The second-order valence-corrected chi connectivity index (χ2v) is 7.17. The molecule has 1 aliphatic heterocycles. The summed E-state index contributed by atoms with van der Waals surface area (Å²) in [6.45, 7) is 4.11. The van der Waals surface area contributed by atoms with E-state index in [1.54, 1.807) is 0 Å². The molecule has 1 saturated heterocycles. The molecule has 0 aromatic rings. The second kappa shape index (κ2) is 13.2. The minimum absolute atomic E-state index is 0.0260. The van der Waals surface area contributed by atoms with Gasteiger partial charge in [0.1, 0.15) is 0 Å². The third-order valence-corrected chi connectivity index (χ3v) is 5.16. The van der Waals surface area contributed by atoms with Crippen LogP contribution < -0.4 is 0 Å². The van der Waals surface area contributed by atoms with Crippen LogP contribution in [0.5, 0.6) is 0 Å². The molecular weight excluding hydrogens is 290 g/mol. The minimum Gasteiger partial charge on any atom is -0.394 e. The van der Waals surface area contributed by atoms with Crippen molar-refractivity contribution in [3.8, 4) is 0 Å². The van der Waals surface area contributed by atoms with Crippen LogP contribution in [0.25, 0.3) is 0 Å². The number of hydrogen-bond donors (Lipinski definition) is 2. The summed E-state index contributed by atoms with van der Waals surface area (Å²) in [5.74, 6) is 0. The minimum atomic E-state index is -0.544. The van der Waals surface area contributed by atoms with Gasteiger partial charge in [0.15, 0.2) is 0 Å². The molecule has 0 aromatic heterocycles. The molecule has 1 aliphatic rings. The number of hydrogen-bond acceptors (Lipinski definition) is 4. The van der Waals surface area contributed by atoms with Gasteiger partial charge in [0, 0.05) is 6.54 Å². The predicted molar refractivity (Wildman–Crippen MR) is 95.5 cm³/mol. The Morgan fingerprint density at radius 1 is 0.783 bits per heavy atom.